The highest BCUT2D eigenvalue weighted by molar-refractivity contribution is 4.96. The molecule has 4 heteroatoms. The Morgan fingerprint density at radius 1 is 1.15 bits per heavy atom. The van der Waals surface area contributed by atoms with E-state index in [4.69, 9.17) is 4.74 Å². The first-order chi connectivity index (χ1) is 6.12. The van der Waals surface area contributed by atoms with Gasteiger partial charge in [-0.15, -0.1) is 0 Å². The Morgan fingerprint density at radius 2 is 2.00 bits per heavy atom. The molecule has 0 bridgehead atoms. The lowest BCUT2D eigenvalue weighted by Crippen LogP contribution is -2.59. The topological polar surface area (TPSA) is 21.3 Å². The summed E-state index contributed by atoms with van der Waals surface area (Å²) in [5.74, 6) is -2.51. The molecular weight excluding hydrogens is 176 g/mol. The van der Waals surface area contributed by atoms with Gasteiger partial charge in [0.05, 0.1) is 13.2 Å². The van der Waals surface area contributed by atoms with Crippen molar-refractivity contribution in [2.75, 3.05) is 19.8 Å². The van der Waals surface area contributed by atoms with Crippen LogP contribution in [0.5, 0.6) is 0 Å². The van der Waals surface area contributed by atoms with Gasteiger partial charge in [0.25, 0.3) is 5.92 Å². The first-order valence-corrected chi connectivity index (χ1v) is 4.83. The van der Waals surface area contributed by atoms with Gasteiger partial charge in [-0.3, -0.25) is 0 Å². The van der Waals surface area contributed by atoms with Crippen LogP contribution in [0, 0.1) is 0 Å². The molecule has 0 aromatic carbocycles. The SMILES string of the molecule is FC1(F)CCC2(CCCOC2)NC1. The molecule has 2 nitrogen and oxygen atoms in total. The van der Waals surface area contributed by atoms with Gasteiger partial charge in [0.15, 0.2) is 0 Å². The van der Waals surface area contributed by atoms with E-state index < -0.39 is 5.92 Å². The van der Waals surface area contributed by atoms with E-state index in [0.717, 1.165) is 19.4 Å². The molecule has 76 valence electrons. The Morgan fingerprint density at radius 3 is 2.54 bits per heavy atom. The maximum Gasteiger partial charge on any atom is 0.260 e. The molecule has 0 aliphatic carbocycles. The first-order valence-electron chi connectivity index (χ1n) is 4.83. The molecular formula is C9H15F2NO. The lowest BCUT2D eigenvalue weighted by atomic mass is 9.83. The van der Waals surface area contributed by atoms with Crippen LogP contribution < -0.4 is 5.32 Å². The third-order valence-electron chi connectivity index (χ3n) is 3.01. The molecule has 2 heterocycles. The van der Waals surface area contributed by atoms with Crippen molar-refractivity contribution in [3.05, 3.63) is 0 Å². The molecule has 0 amide bonds. The molecule has 1 atom stereocenters. The number of rotatable bonds is 0. The fraction of sp³-hybridized carbons (Fsp3) is 1.00. The third-order valence-corrected chi connectivity index (χ3v) is 3.01. The summed E-state index contributed by atoms with van der Waals surface area (Å²) in [7, 11) is 0. The maximum absolute atomic E-state index is 12.8. The minimum absolute atomic E-state index is 0.00333. The van der Waals surface area contributed by atoms with E-state index in [1.807, 2.05) is 0 Å². The van der Waals surface area contributed by atoms with E-state index in [0.29, 0.717) is 13.0 Å². The zero-order valence-corrected chi connectivity index (χ0v) is 7.61. The van der Waals surface area contributed by atoms with Gasteiger partial charge in [-0.25, -0.2) is 8.78 Å². The molecule has 1 N–H and O–H groups in total. The van der Waals surface area contributed by atoms with Crippen molar-refractivity contribution in [1.29, 1.82) is 0 Å². The molecule has 0 radical (unpaired) electrons. The molecule has 0 saturated carbocycles. The van der Waals surface area contributed by atoms with Crippen molar-refractivity contribution in [1.82, 2.24) is 5.32 Å². The Kier molecular flexibility index (Phi) is 2.28. The van der Waals surface area contributed by atoms with Crippen LogP contribution in [-0.4, -0.2) is 31.2 Å². The van der Waals surface area contributed by atoms with E-state index in [2.05, 4.69) is 5.32 Å². The minimum Gasteiger partial charge on any atom is -0.380 e. The summed E-state index contributed by atoms with van der Waals surface area (Å²) in [6, 6.07) is 0. The van der Waals surface area contributed by atoms with Gasteiger partial charge >= 0.3 is 0 Å². The lowest BCUT2D eigenvalue weighted by molar-refractivity contribution is -0.0764. The Hall–Kier alpha value is -0.220. The first kappa shape index (κ1) is 9.34. The standard InChI is InChI=1S/C9H15F2NO/c10-9(11)4-3-8(12-6-9)2-1-5-13-7-8/h12H,1-7H2. The summed E-state index contributed by atoms with van der Waals surface area (Å²) >= 11 is 0. The van der Waals surface area contributed by atoms with E-state index in [1.165, 1.54) is 0 Å². The molecule has 2 fully saturated rings. The van der Waals surface area contributed by atoms with Crippen molar-refractivity contribution in [2.24, 2.45) is 0 Å². The molecule has 2 saturated heterocycles. The largest absolute Gasteiger partial charge is 0.380 e. The molecule has 1 spiro atoms. The molecule has 2 aliphatic rings. The second-order valence-corrected chi connectivity index (χ2v) is 4.15. The Bertz CT molecular complexity index is 178. The summed E-state index contributed by atoms with van der Waals surface area (Å²) in [5, 5.41) is 2.95. The van der Waals surface area contributed by atoms with Crippen LogP contribution in [0.25, 0.3) is 0 Å². The highest BCUT2D eigenvalue weighted by Gasteiger charge is 2.43. The fourth-order valence-electron chi connectivity index (χ4n) is 2.10. The van der Waals surface area contributed by atoms with Crippen LogP contribution in [0.3, 0.4) is 0 Å². The number of hydrogen-bond donors (Lipinski definition) is 1. The van der Waals surface area contributed by atoms with E-state index in [-0.39, 0.29) is 18.5 Å². The second kappa shape index (κ2) is 3.17. The second-order valence-electron chi connectivity index (χ2n) is 4.15. The monoisotopic (exact) mass is 191 g/mol. The molecule has 2 aliphatic heterocycles. The van der Waals surface area contributed by atoms with Gasteiger partial charge in [0, 0.05) is 18.6 Å². The molecule has 0 aromatic rings. The average Bonchev–Trinajstić information content (AvgIpc) is 2.13. The number of halogens is 2. The van der Waals surface area contributed by atoms with Gasteiger partial charge in [-0.1, -0.05) is 0 Å². The van der Waals surface area contributed by atoms with E-state index in [9.17, 15) is 8.78 Å². The molecule has 2 rings (SSSR count). The zero-order valence-electron chi connectivity index (χ0n) is 7.61. The van der Waals surface area contributed by atoms with E-state index in [1.54, 1.807) is 0 Å². The van der Waals surface area contributed by atoms with Gasteiger partial charge in [0.1, 0.15) is 0 Å². The normalized spacial score (nSPS) is 39.2. The summed E-state index contributed by atoms with van der Waals surface area (Å²) in [6.07, 6.45) is 2.50. The van der Waals surface area contributed by atoms with Crippen molar-refractivity contribution in [3.63, 3.8) is 0 Å². The Balaban J connectivity index is 1.95. The highest BCUT2D eigenvalue weighted by atomic mass is 19.3. The fourth-order valence-corrected chi connectivity index (χ4v) is 2.10. The van der Waals surface area contributed by atoms with Crippen LogP contribution in [0.1, 0.15) is 25.7 Å². The predicted molar refractivity (Wildman–Crippen MR) is 45.0 cm³/mol. The number of alkyl halides is 2. The van der Waals surface area contributed by atoms with Gasteiger partial charge in [0.2, 0.25) is 0 Å². The Labute approximate surface area is 76.6 Å². The van der Waals surface area contributed by atoms with Crippen LogP contribution in [0.4, 0.5) is 8.78 Å². The summed E-state index contributed by atoms with van der Waals surface area (Å²) in [4.78, 5) is 0. The summed E-state index contributed by atoms with van der Waals surface area (Å²) < 4.78 is 31.0. The zero-order chi connectivity index (χ0) is 9.36. The van der Waals surface area contributed by atoms with Gasteiger partial charge in [-0.2, -0.15) is 0 Å². The molecule has 0 aromatic heterocycles. The number of ether oxygens (including phenoxy) is 1. The quantitative estimate of drug-likeness (QED) is 0.627. The minimum atomic E-state index is -2.51. The van der Waals surface area contributed by atoms with Crippen LogP contribution >= 0.6 is 0 Å². The molecule has 1 unspecified atom stereocenters. The maximum atomic E-state index is 12.8. The number of piperidine rings is 1. The predicted octanol–water partition coefficient (Wildman–Crippen LogP) is 1.55. The highest BCUT2D eigenvalue weighted by Crippen LogP contribution is 2.34. The van der Waals surface area contributed by atoms with E-state index >= 15 is 0 Å². The van der Waals surface area contributed by atoms with Crippen molar-refractivity contribution in [3.8, 4) is 0 Å². The lowest BCUT2D eigenvalue weighted by Gasteiger charge is -2.43. The van der Waals surface area contributed by atoms with Crippen LogP contribution in [0.15, 0.2) is 0 Å². The van der Waals surface area contributed by atoms with Crippen molar-refractivity contribution < 1.29 is 13.5 Å². The van der Waals surface area contributed by atoms with Gasteiger partial charge < -0.3 is 10.1 Å². The number of nitrogens with one attached hydrogen (secondary N) is 1. The van der Waals surface area contributed by atoms with Gasteiger partial charge in [-0.05, 0) is 19.3 Å². The third kappa shape index (κ3) is 1.99. The smallest absolute Gasteiger partial charge is 0.260 e. The summed E-state index contributed by atoms with van der Waals surface area (Å²) in [5.41, 5.74) is -0.139. The number of hydrogen-bond acceptors (Lipinski definition) is 2. The molecule has 13 heavy (non-hydrogen) atoms. The average molecular weight is 191 g/mol. The van der Waals surface area contributed by atoms with Crippen LogP contribution in [0.2, 0.25) is 0 Å². The summed E-state index contributed by atoms with van der Waals surface area (Å²) in [6.45, 7) is 1.19. The van der Waals surface area contributed by atoms with Crippen molar-refractivity contribution >= 4 is 0 Å². The van der Waals surface area contributed by atoms with Crippen LogP contribution in [-0.2, 0) is 4.74 Å². The van der Waals surface area contributed by atoms with Crippen molar-refractivity contribution in [2.45, 2.75) is 37.1 Å².